The van der Waals surface area contributed by atoms with Crippen LogP contribution in [0.25, 0.3) is 0 Å². The van der Waals surface area contributed by atoms with Gasteiger partial charge >= 0.3 is 0 Å². The number of nitrogens with zero attached hydrogens (tertiary/aromatic N) is 3. The number of aryl methyl sites for hydroxylation is 1. The molecular weight excluding hydrogens is 545 g/mol. The SMILES string of the molecule is CCNC(=NCc1cccc(S(=O)(=O)N2CCCCC2)c1)NCc1ncc(CC)s1.I. The van der Waals surface area contributed by atoms with E-state index in [0.29, 0.717) is 37.0 Å². The van der Waals surface area contributed by atoms with Gasteiger partial charge in [0.1, 0.15) is 5.01 Å². The summed E-state index contributed by atoms with van der Waals surface area (Å²) in [5, 5.41) is 7.55. The second-order valence-corrected chi connectivity index (χ2v) is 10.4. The van der Waals surface area contributed by atoms with Crippen molar-refractivity contribution >= 4 is 51.3 Å². The van der Waals surface area contributed by atoms with E-state index in [0.717, 1.165) is 42.8 Å². The van der Waals surface area contributed by atoms with E-state index in [4.69, 9.17) is 0 Å². The molecule has 10 heteroatoms. The van der Waals surface area contributed by atoms with Crippen LogP contribution < -0.4 is 10.6 Å². The van der Waals surface area contributed by atoms with Gasteiger partial charge in [-0.3, -0.25) is 0 Å². The predicted molar refractivity (Wildman–Crippen MR) is 138 cm³/mol. The minimum Gasteiger partial charge on any atom is -0.357 e. The molecular formula is C21H32IN5O2S2. The molecule has 2 aromatic rings. The molecule has 0 bridgehead atoms. The number of thiazole rings is 1. The van der Waals surface area contributed by atoms with E-state index in [1.165, 1.54) is 4.88 Å². The maximum absolute atomic E-state index is 12.9. The van der Waals surface area contributed by atoms with Gasteiger partial charge in [-0.2, -0.15) is 4.31 Å². The maximum atomic E-state index is 12.9. The lowest BCUT2D eigenvalue weighted by molar-refractivity contribution is 0.346. The summed E-state index contributed by atoms with van der Waals surface area (Å²) in [5.41, 5.74) is 0.868. The average molecular weight is 578 g/mol. The van der Waals surface area contributed by atoms with Gasteiger partial charge in [-0.1, -0.05) is 25.5 Å². The number of hydrogen-bond acceptors (Lipinski definition) is 5. The van der Waals surface area contributed by atoms with E-state index < -0.39 is 10.0 Å². The Morgan fingerprint density at radius 3 is 2.65 bits per heavy atom. The molecule has 0 unspecified atom stereocenters. The monoisotopic (exact) mass is 577 g/mol. The van der Waals surface area contributed by atoms with Crippen molar-refractivity contribution in [3.8, 4) is 0 Å². The quantitative estimate of drug-likeness (QED) is 0.284. The number of aromatic nitrogens is 1. The van der Waals surface area contributed by atoms with Crippen molar-refractivity contribution in [1.82, 2.24) is 19.9 Å². The van der Waals surface area contributed by atoms with E-state index in [2.05, 4.69) is 27.5 Å². The summed E-state index contributed by atoms with van der Waals surface area (Å²) >= 11 is 1.70. The zero-order valence-corrected chi connectivity index (χ0v) is 22.1. The summed E-state index contributed by atoms with van der Waals surface area (Å²) in [6.45, 7) is 7.10. The first-order valence-electron chi connectivity index (χ1n) is 10.6. The Hall–Kier alpha value is -1.24. The molecule has 31 heavy (non-hydrogen) atoms. The normalized spacial score (nSPS) is 15.4. The van der Waals surface area contributed by atoms with Crippen molar-refractivity contribution in [2.24, 2.45) is 4.99 Å². The lowest BCUT2D eigenvalue weighted by Gasteiger charge is -2.26. The molecule has 1 aliphatic rings. The molecule has 3 rings (SSSR count). The van der Waals surface area contributed by atoms with Crippen LogP contribution in [0.2, 0.25) is 0 Å². The molecule has 0 saturated carbocycles. The molecule has 0 radical (unpaired) electrons. The average Bonchev–Trinajstić information content (AvgIpc) is 3.24. The van der Waals surface area contributed by atoms with Crippen LogP contribution in [0.5, 0.6) is 0 Å². The first-order chi connectivity index (χ1) is 14.5. The van der Waals surface area contributed by atoms with Crippen LogP contribution in [-0.4, -0.2) is 43.3 Å². The summed E-state index contributed by atoms with van der Waals surface area (Å²) in [6, 6.07) is 7.13. The number of aliphatic imine (C=N–C) groups is 1. The topological polar surface area (TPSA) is 86.7 Å². The van der Waals surface area contributed by atoms with E-state index in [1.54, 1.807) is 33.8 Å². The molecule has 0 amide bonds. The molecule has 1 saturated heterocycles. The Bertz CT molecular complexity index is 956. The highest BCUT2D eigenvalue weighted by Gasteiger charge is 2.25. The van der Waals surface area contributed by atoms with Gasteiger partial charge in [-0.05, 0) is 43.9 Å². The fraction of sp³-hybridized carbons (Fsp3) is 0.524. The number of halogens is 1. The molecule has 0 atom stereocenters. The number of rotatable bonds is 8. The molecule has 1 aliphatic heterocycles. The van der Waals surface area contributed by atoms with Crippen molar-refractivity contribution in [2.45, 2.75) is 57.5 Å². The van der Waals surface area contributed by atoms with Crippen molar-refractivity contribution in [3.63, 3.8) is 0 Å². The predicted octanol–water partition coefficient (Wildman–Crippen LogP) is 3.75. The second kappa shape index (κ2) is 12.7. The molecule has 1 fully saturated rings. The third kappa shape index (κ3) is 7.40. The lowest BCUT2D eigenvalue weighted by Crippen LogP contribution is -2.36. The summed E-state index contributed by atoms with van der Waals surface area (Å²) < 4.78 is 27.5. The largest absolute Gasteiger partial charge is 0.357 e. The van der Waals surface area contributed by atoms with Crippen LogP contribution >= 0.6 is 35.3 Å². The third-order valence-corrected chi connectivity index (χ3v) is 8.01. The smallest absolute Gasteiger partial charge is 0.243 e. The van der Waals surface area contributed by atoms with Gasteiger partial charge in [0.25, 0.3) is 0 Å². The van der Waals surface area contributed by atoms with E-state index >= 15 is 0 Å². The highest BCUT2D eigenvalue weighted by Crippen LogP contribution is 2.21. The van der Waals surface area contributed by atoms with Crippen LogP contribution in [0.1, 0.15) is 48.6 Å². The highest BCUT2D eigenvalue weighted by atomic mass is 127. The van der Waals surface area contributed by atoms with Crippen LogP contribution in [0.15, 0.2) is 40.4 Å². The minimum absolute atomic E-state index is 0. The first kappa shape index (κ1) is 26.0. The van der Waals surface area contributed by atoms with Crippen molar-refractivity contribution < 1.29 is 8.42 Å². The van der Waals surface area contributed by atoms with Crippen LogP contribution in [-0.2, 0) is 29.5 Å². The summed E-state index contributed by atoms with van der Waals surface area (Å²) in [5.74, 6) is 0.690. The van der Waals surface area contributed by atoms with E-state index in [-0.39, 0.29) is 24.0 Å². The van der Waals surface area contributed by atoms with Gasteiger partial charge in [-0.15, -0.1) is 35.3 Å². The fourth-order valence-electron chi connectivity index (χ4n) is 3.32. The van der Waals surface area contributed by atoms with E-state index in [1.807, 2.05) is 19.2 Å². The second-order valence-electron chi connectivity index (χ2n) is 7.23. The first-order valence-corrected chi connectivity index (χ1v) is 12.8. The maximum Gasteiger partial charge on any atom is 0.243 e. The molecule has 2 heterocycles. The zero-order valence-electron chi connectivity index (χ0n) is 18.1. The number of nitrogens with one attached hydrogen (secondary N) is 2. The highest BCUT2D eigenvalue weighted by molar-refractivity contribution is 14.0. The van der Waals surface area contributed by atoms with Gasteiger partial charge in [0.2, 0.25) is 10.0 Å². The molecule has 0 aliphatic carbocycles. The van der Waals surface area contributed by atoms with Crippen molar-refractivity contribution in [1.29, 1.82) is 0 Å². The molecule has 1 aromatic carbocycles. The Balaban J connectivity index is 0.00000341. The van der Waals surface area contributed by atoms with Crippen LogP contribution in [0, 0.1) is 0 Å². The van der Waals surface area contributed by atoms with Crippen molar-refractivity contribution in [2.75, 3.05) is 19.6 Å². The van der Waals surface area contributed by atoms with Gasteiger partial charge in [-0.25, -0.2) is 18.4 Å². The Labute approximate surface area is 206 Å². The number of guanidine groups is 1. The summed E-state index contributed by atoms with van der Waals surface area (Å²) in [4.78, 5) is 10.7. The Morgan fingerprint density at radius 2 is 1.97 bits per heavy atom. The third-order valence-electron chi connectivity index (χ3n) is 4.97. The fourth-order valence-corrected chi connectivity index (χ4v) is 5.71. The summed E-state index contributed by atoms with van der Waals surface area (Å²) in [7, 11) is -3.43. The van der Waals surface area contributed by atoms with E-state index in [9.17, 15) is 8.42 Å². The minimum atomic E-state index is -3.43. The van der Waals surface area contributed by atoms with Gasteiger partial charge in [0.15, 0.2) is 5.96 Å². The standard InChI is InChI=1S/C21H31N5O2S2.HI/c1-3-18-15-23-20(29-18)16-25-21(22-4-2)24-14-17-9-8-10-19(13-17)30(27,28)26-11-6-5-7-12-26;/h8-10,13,15H,3-7,11-12,14,16H2,1-2H3,(H2,22,24,25);1H. The van der Waals surface area contributed by atoms with Gasteiger partial charge in [0.05, 0.1) is 18.0 Å². The number of sulfonamides is 1. The summed E-state index contributed by atoms with van der Waals surface area (Å²) in [6.07, 6.45) is 5.86. The van der Waals surface area contributed by atoms with Gasteiger partial charge in [0, 0.05) is 30.7 Å². The molecule has 0 spiro atoms. The lowest BCUT2D eigenvalue weighted by atomic mass is 10.2. The van der Waals surface area contributed by atoms with Crippen LogP contribution in [0.3, 0.4) is 0 Å². The van der Waals surface area contributed by atoms with Crippen LogP contribution in [0.4, 0.5) is 0 Å². The number of hydrogen-bond donors (Lipinski definition) is 2. The zero-order chi connectivity index (χ0) is 21.4. The molecule has 1 aromatic heterocycles. The number of benzene rings is 1. The Kier molecular flexibility index (Phi) is 10.7. The van der Waals surface area contributed by atoms with Crippen molar-refractivity contribution in [3.05, 3.63) is 45.9 Å². The number of piperidine rings is 1. The Morgan fingerprint density at radius 1 is 1.19 bits per heavy atom. The van der Waals surface area contributed by atoms with Gasteiger partial charge < -0.3 is 10.6 Å². The molecule has 2 N–H and O–H groups in total. The molecule has 172 valence electrons. The molecule has 7 nitrogen and oxygen atoms in total.